The SMILES string of the molecule is CC(C)(C)c1ccc(C(=O)Nc2cccc(NC(=O)c3ccc(S(=O)(=O)N4CCCC4)cc3)c2)cc1. The van der Waals surface area contributed by atoms with Crippen LogP contribution >= 0.6 is 0 Å². The van der Waals surface area contributed by atoms with E-state index in [-0.39, 0.29) is 22.1 Å². The number of hydrogen-bond acceptors (Lipinski definition) is 4. The van der Waals surface area contributed by atoms with Gasteiger partial charge in [-0.15, -0.1) is 0 Å². The van der Waals surface area contributed by atoms with Gasteiger partial charge < -0.3 is 10.6 Å². The Morgan fingerprint density at radius 2 is 1.22 bits per heavy atom. The van der Waals surface area contributed by atoms with Crippen molar-refractivity contribution in [2.75, 3.05) is 23.7 Å². The Bertz CT molecular complexity index is 1350. The van der Waals surface area contributed by atoms with Gasteiger partial charge in [-0.25, -0.2) is 8.42 Å². The molecule has 2 amide bonds. The molecule has 2 N–H and O–H groups in total. The minimum absolute atomic E-state index is 0.00397. The standard InChI is InChI=1S/C28H31N3O4S/c1-28(2,3)22-13-9-20(10-14-22)26(32)29-23-7-6-8-24(19-23)30-27(33)21-11-15-25(16-12-21)36(34,35)31-17-4-5-18-31/h6-16,19H,4-5,17-18H2,1-3H3,(H,29,32)(H,30,33). The molecular weight excluding hydrogens is 474 g/mol. The lowest BCUT2D eigenvalue weighted by atomic mass is 9.87. The van der Waals surface area contributed by atoms with E-state index >= 15 is 0 Å². The van der Waals surface area contributed by atoms with Crippen molar-refractivity contribution in [2.24, 2.45) is 0 Å². The molecule has 0 spiro atoms. The number of carbonyl (C=O) groups is 2. The number of hydrogen-bond donors (Lipinski definition) is 2. The Hall–Kier alpha value is -3.49. The van der Waals surface area contributed by atoms with E-state index in [1.807, 2.05) is 12.1 Å². The topological polar surface area (TPSA) is 95.6 Å². The highest BCUT2D eigenvalue weighted by molar-refractivity contribution is 7.89. The van der Waals surface area contributed by atoms with Crippen molar-refractivity contribution in [1.82, 2.24) is 4.31 Å². The number of nitrogens with zero attached hydrogens (tertiary/aromatic N) is 1. The summed E-state index contributed by atoms with van der Waals surface area (Å²) < 4.78 is 26.8. The average molecular weight is 506 g/mol. The summed E-state index contributed by atoms with van der Waals surface area (Å²) in [4.78, 5) is 25.6. The maximum atomic E-state index is 12.7. The highest BCUT2D eigenvalue weighted by Crippen LogP contribution is 2.24. The maximum absolute atomic E-state index is 12.7. The van der Waals surface area contributed by atoms with Gasteiger partial charge in [0, 0.05) is 35.6 Å². The Morgan fingerprint density at radius 1 is 0.750 bits per heavy atom. The first-order chi connectivity index (χ1) is 17.0. The summed E-state index contributed by atoms with van der Waals surface area (Å²) in [5, 5.41) is 5.66. The van der Waals surface area contributed by atoms with E-state index in [0.717, 1.165) is 18.4 Å². The normalized spacial score (nSPS) is 14.4. The molecule has 1 fully saturated rings. The molecule has 0 saturated carbocycles. The number of anilines is 2. The number of benzene rings is 3. The third-order valence-electron chi connectivity index (χ3n) is 6.21. The summed E-state index contributed by atoms with van der Waals surface area (Å²) in [7, 11) is -3.53. The van der Waals surface area contributed by atoms with E-state index in [0.29, 0.717) is 35.6 Å². The molecule has 0 bridgehead atoms. The second kappa shape index (κ2) is 10.2. The largest absolute Gasteiger partial charge is 0.322 e. The van der Waals surface area contributed by atoms with Gasteiger partial charge in [0.25, 0.3) is 11.8 Å². The first-order valence-corrected chi connectivity index (χ1v) is 13.4. The van der Waals surface area contributed by atoms with E-state index in [4.69, 9.17) is 0 Å². The zero-order chi connectivity index (χ0) is 25.9. The van der Waals surface area contributed by atoms with Gasteiger partial charge in [0.2, 0.25) is 10.0 Å². The lowest BCUT2D eigenvalue weighted by molar-refractivity contribution is 0.101. The monoisotopic (exact) mass is 505 g/mol. The fourth-order valence-corrected chi connectivity index (χ4v) is 5.58. The van der Waals surface area contributed by atoms with Crippen molar-refractivity contribution >= 4 is 33.2 Å². The Balaban J connectivity index is 1.40. The molecule has 0 aromatic heterocycles. The third-order valence-corrected chi connectivity index (χ3v) is 8.12. The van der Waals surface area contributed by atoms with Gasteiger partial charge in [0.1, 0.15) is 0 Å². The van der Waals surface area contributed by atoms with Gasteiger partial charge in [-0.3, -0.25) is 9.59 Å². The molecule has 1 heterocycles. The highest BCUT2D eigenvalue weighted by Gasteiger charge is 2.27. The molecule has 0 aliphatic carbocycles. The van der Waals surface area contributed by atoms with Crippen LogP contribution in [0.2, 0.25) is 0 Å². The molecule has 0 atom stereocenters. The Labute approximate surface area is 212 Å². The molecular formula is C28H31N3O4S. The van der Waals surface area contributed by atoms with Gasteiger partial charge >= 0.3 is 0 Å². The molecule has 0 unspecified atom stereocenters. The maximum Gasteiger partial charge on any atom is 0.255 e. The smallest absolute Gasteiger partial charge is 0.255 e. The van der Waals surface area contributed by atoms with Crippen molar-refractivity contribution in [3.05, 3.63) is 89.5 Å². The van der Waals surface area contributed by atoms with E-state index < -0.39 is 10.0 Å². The number of rotatable bonds is 6. The number of nitrogens with one attached hydrogen (secondary N) is 2. The summed E-state index contributed by atoms with van der Waals surface area (Å²) >= 11 is 0. The van der Waals surface area contributed by atoms with Crippen LogP contribution in [0.1, 0.15) is 59.9 Å². The highest BCUT2D eigenvalue weighted by atomic mass is 32.2. The van der Waals surface area contributed by atoms with Crippen LogP contribution in [-0.2, 0) is 15.4 Å². The molecule has 8 heteroatoms. The van der Waals surface area contributed by atoms with Crippen molar-refractivity contribution in [1.29, 1.82) is 0 Å². The van der Waals surface area contributed by atoms with Crippen molar-refractivity contribution in [3.8, 4) is 0 Å². The number of carbonyl (C=O) groups excluding carboxylic acids is 2. The van der Waals surface area contributed by atoms with Crippen LogP contribution in [0, 0.1) is 0 Å². The zero-order valence-electron chi connectivity index (χ0n) is 20.7. The average Bonchev–Trinajstić information content (AvgIpc) is 3.40. The minimum atomic E-state index is -3.53. The van der Waals surface area contributed by atoms with Crippen LogP contribution in [0.15, 0.2) is 77.7 Å². The quantitative estimate of drug-likeness (QED) is 0.477. The lowest BCUT2D eigenvalue weighted by Gasteiger charge is -2.19. The molecule has 1 aliphatic rings. The Morgan fingerprint density at radius 3 is 1.69 bits per heavy atom. The minimum Gasteiger partial charge on any atom is -0.322 e. The predicted octanol–water partition coefficient (Wildman–Crippen LogP) is 5.27. The van der Waals surface area contributed by atoms with Crippen LogP contribution in [-0.4, -0.2) is 37.6 Å². The van der Waals surface area contributed by atoms with Gasteiger partial charge in [0.15, 0.2) is 0 Å². The molecule has 3 aromatic carbocycles. The second-order valence-electron chi connectivity index (χ2n) is 9.95. The number of amides is 2. The summed E-state index contributed by atoms with van der Waals surface area (Å²) in [6, 6.07) is 20.3. The summed E-state index contributed by atoms with van der Waals surface area (Å²) in [6.45, 7) is 7.41. The Kier molecular flexibility index (Phi) is 7.28. The van der Waals surface area contributed by atoms with Gasteiger partial charge in [-0.2, -0.15) is 4.31 Å². The lowest BCUT2D eigenvalue weighted by Crippen LogP contribution is -2.27. The van der Waals surface area contributed by atoms with Crippen LogP contribution in [0.4, 0.5) is 11.4 Å². The molecule has 4 rings (SSSR count). The zero-order valence-corrected chi connectivity index (χ0v) is 21.6. The van der Waals surface area contributed by atoms with Crippen LogP contribution in [0.5, 0.6) is 0 Å². The van der Waals surface area contributed by atoms with Gasteiger partial charge in [-0.05, 0) is 78.4 Å². The predicted molar refractivity (Wildman–Crippen MR) is 142 cm³/mol. The molecule has 36 heavy (non-hydrogen) atoms. The van der Waals surface area contributed by atoms with E-state index in [1.165, 1.54) is 28.6 Å². The number of sulfonamides is 1. The van der Waals surface area contributed by atoms with E-state index in [2.05, 4.69) is 31.4 Å². The summed E-state index contributed by atoms with van der Waals surface area (Å²) in [5.41, 5.74) is 3.08. The third kappa shape index (κ3) is 5.83. The van der Waals surface area contributed by atoms with E-state index in [1.54, 1.807) is 36.4 Å². The molecule has 7 nitrogen and oxygen atoms in total. The fourth-order valence-electron chi connectivity index (χ4n) is 4.06. The van der Waals surface area contributed by atoms with Gasteiger partial charge in [-0.1, -0.05) is 39.0 Å². The molecule has 188 valence electrons. The first-order valence-electron chi connectivity index (χ1n) is 12.0. The van der Waals surface area contributed by atoms with Crippen molar-refractivity contribution < 1.29 is 18.0 Å². The fraction of sp³-hybridized carbons (Fsp3) is 0.286. The van der Waals surface area contributed by atoms with Crippen molar-refractivity contribution in [3.63, 3.8) is 0 Å². The molecule has 0 radical (unpaired) electrons. The van der Waals surface area contributed by atoms with E-state index in [9.17, 15) is 18.0 Å². The van der Waals surface area contributed by atoms with Crippen LogP contribution in [0.3, 0.4) is 0 Å². The first kappa shape index (κ1) is 25.6. The van der Waals surface area contributed by atoms with Crippen LogP contribution in [0.25, 0.3) is 0 Å². The second-order valence-corrected chi connectivity index (χ2v) is 11.9. The van der Waals surface area contributed by atoms with Gasteiger partial charge in [0.05, 0.1) is 4.90 Å². The molecule has 3 aromatic rings. The molecule has 1 aliphatic heterocycles. The molecule has 1 saturated heterocycles. The summed E-state index contributed by atoms with van der Waals surface area (Å²) in [6.07, 6.45) is 1.73. The summed E-state index contributed by atoms with van der Waals surface area (Å²) in [5.74, 6) is -0.616. The van der Waals surface area contributed by atoms with Crippen molar-refractivity contribution in [2.45, 2.75) is 43.9 Å². The van der Waals surface area contributed by atoms with Crippen LogP contribution < -0.4 is 10.6 Å².